The summed E-state index contributed by atoms with van der Waals surface area (Å²) in [5.41, 5.74) is 1.65. The number of rotatable bonds is 10. The van der Waals surface area contributed by atoms with Gasteiger partial charge in [0.15, 0.2) is 0 Å². The lowest BCUT2D eigenvalue weighted by molar-refractivity contribution is -0.145. The Kier molecular flexibility index (Phi) is 9.39. The van der Waals surface area contributed by atoms with Gasteiger partial charge in [-0.25, -0.2) is 4.79 Å². The summed E-state index contributed by atoms with van der Waals surface area (Å²) < 4.78 is 19.6. The van der Waals surface area contributed by atoms with Crippen LogP contribution in [-0.4, -0.2) is 59.4 Å². The van der Waals surface area contributed by atoms with Crippen LogP contribution in [0.5, 0.6) is 0 Å². The number of methoxy groups -OCH3 is 2. The molecule has 0 saturated carbocycles. The van der Waals surface area contributed by atoms with Gasteiger partial charge in [-0.15, -0.1) is 0 Å². The number of hydrogen-bond donors (Lipinski definition) is 1. The quantitative estimate of drug-likeness (QED) is 0.454. The summed E-state index contributed by atoms with van der Waals surface area (Å²) in [6.45, 7) is 0. The molecule has 1 aromatic carbocycles. The molecule has 0 saturated heterocycles. The third-order valence-electron chi connectivity index (χ3n) is 3.72. The molecule has 0 spiro atoms. The van der Waals surface area contributed by atoms with Gasteiger partial charge < -0.3 is 24.1 Å². The summed E-state index contributed by atoms with van der Waals surface area (Å²) in [6.07, 6.45) is 0.129. The van der Waals surface area contributed by atoms with E-state index in [1.807, 2.05) is 24.3 Å². The lowest BCUT2D eigenvalue weighted by Gasteiger charge is -2.17. The van der Waals surface area contributed by atoms with Gasteiger partial charge in [-0.2, -0.15) is 0 Å². The predicted molar refractivity (Wildman–Crippen MR) is 94.7 cm³/mol. The number of carbonyl (C=O) groups excluding carboxylic acids is 3. The molecular weight excluding hydrogens is 341 g/mol. The Labute approximate surface area is 153 Å². The first-order valence-corrected chi connectivity index (χ1v) is 8.03. The van der Waals surface area contributed by atoms with Crippen LogP contribution >= 0.6 is 0 Å². The van der Waals surface area contributed by atoms with Crippen LogP contribution in [0.4, 0.5) is 0 Å². The number of ether oxygens (including phenoxy) is 2. The largest absolute Gasteiger partial charge is 0.493 e. The summed E-state index contributed by atoms with van der Waals surface area (Å²) >= 11 is 0. The van der Waals surface area contributed by atoms with E-state index in [0.717, 1.165) is 11.0 Å². The van der Waals surface area contributed by atoms with E-state index < -0.39 is 31.0 Å². The normalized spacial score (nSPS) is 11.4. The third kappa shape index (κ3) is 6.85. The number of esters is 2. The van der Waals surface area contributed by atoms with Crippen molar-refractivity contribution in [2.24, 2.45) is 0 Å². The molecule has 0 aliphatic rings. The average molecular weight is 365 g/mol. The molecule has 1 amide bonds. The number of hydrogen-bond acceptors (Lipinski definition) is 7. The van der Waals surface area contributed by atoms with Crippen molar-refractivity contribution in [3.63, 3.8) is 0 Å². The molecule has 0 aliphatic carbocycles. The van der Waals surface area contributed by atoms with E-state index in [1.54, 1.807) is 14.2 Å². The summed E-state index contributed by atoms with van der Waals surface area (Å²) in [7, 11) is 5.11. The van der Waals surface area contributed by atoms with E-state index in [1.165, 1.54) is 14.2 Å². The maximum absolute atomic E-state index is 11.9. The van der Waals surface area contributed by atoms with Crippen molar-refractivity contribution in [3.8, 4) is 0 Å². The number of amides is 1. The van der Waals surface area contributed by atoms with Gasteiger partial charge in [0.2, 0.25) is 5.91 Å². The van der Waals surface area contributed by atoms with Crippen molar-refractivity contribution in [2.45, 2.75) is 25.3 Å². The van der Waals surface area contributed by atoms with Gasteiger partial charge in [0.1, 0.15) is 6.04 Å². The first kappa shape index (κ1) is 21.7. The standard InChI is InChI=1S/C17H24BNO7/c1-23-16(21)10-9-15(20)19-14(17(22)24-2)11-12-5-7-13(8-6-12)18(25-3)26-4/h5-8,14H,9-11H2,1-4H3,(H,19,20)/t14-/m0/s1. The molecule has 26 heavy (non-hydrogen) atoms. The first-order valence-electron chi connectivity index (χ1n) is 8.03. The van der Waals surface area contributed by atoms with E-state index in [9.17, 15) is 14.4 Å². The molecule has 1 N–H and O–H groups in total. The number of benzene rings is 1. The molecule has 0 aliphatic heterocycles. The lowest BCUT2D eigenvalue weighted by atomic mass is 9.78. The minimum atomic E-state index is -0.850. The van der Waals surface area contributed by atoms with Crippen LogP contribution in [-0.2, 0) is 39.6 Å². The molecule has 0 bridgehead atoms. The van der Waals surface area contributed by atoms with Gasteiger partial charge in [-0.05, 0) is 11.0 Å². The fraction of sp³-hybridized carbons (Fsp3) is 0.471. The average Bonchev–Trinajstić information content (AvgIpc) is 2.67. The molecule has 0 heterocycles. The zero-order valence-corrected chi connectivity index (χ0v) is 15.4. The smallest absolute Gasteiger partial charge is 0.469 e. The van der Waals surface area contributed by atoms with E-state index in [2.05, 4.69) is 10.1 Å². The van der Waals surface area contributed by atoms with E-state index in [4.69, 9.17) is 14.0 Å². The van der Waals surface area contributed by atoms with Gasteiger partial charge in [0.25, 0.3) is 0 Å². The van der Waals surface area contributed by atoms with E-state index in [0.29, 0.717) is 0 Å². The molecule has 0 radical (unpaired) electrons. The van der Waals surface area contributed by atoms with Gasteiger partial charge in [-0.3, -0.25) is 9.59 Å². The molecule has 1 rings (SSSR count). The van der Waals surface area contributed by atoms with Crippen molar-refractivity contribution in [1.29, 1.82) is 0 Å². The summed E-state index contributed by atoms with van der Waals surface area (Å²) in [5.74, 6) is -1.48. The second-order valence-electron chi connectivity index (χ2n) is 5.47. The fourth-order valence-electron chi connectivity index (χ4n) is 2.33. The van der Waals surface area contributed by atoms with Crippen LogP contribution in [0.3, 0.4) is 0 Å². The Balaban J connectivity index is 2.74. The van der Waals surface area contributed by atoms with Gasteiger partial charge in [0.05, 0.1) is 20.6 Å². The Hall–Kier alpha value is -2.39. The Morgan fingerprint density at radius 1 is 0.962 bits per heavy atom. The predicted octanol–water partition coefficient (Wildman–Crippen LogP) is -0.172. The summed E-state index contributed by atoms with van der Waals surface area (Å²) in [6, 6.07) is 6.42. The number of nitrogens with one attached hydrogen (secondary N) is 1. The maximum Gasteiger partial charge on any atom is 0.493 e. The van der Waals surface area contributed by atoms with Gasteiger partial charge in [0, 0.05) is 27.1 Å². The van der Waals surface area contributed by atoms with Crippen LogP contribution in [0.25, 0.3) is 0 Å². The maximum atomic E-state index is 11.9. The zero-order valence-electron chi connectivity index (χ0n) is 15.4. The molecule has 9 heteroatoms. The van der Waals surface area contributed by atoms with E-state index in [-0.39, 0.29) is 19.3 Å². The van der Waals surface area contributed by atoms with Crippen LogP contribution in [0.15, 0.2) is 24.3 Å². The first-order chi connectivity index (χ1) is 12.4. The van der Waals surface area contributed by atoms with E-state index >= 15 is 0 Å². The van der Waals surface area contributed by atoms with Crippen LogP contribution in [0.2, 0.25) is 0 Å². The monoisotopic (exact) mass is 365 g/mol. The Morgan fingerprint density at radius 2 is 1.58 bits per heavy atom. The molecule has 0 unspecified atom stereocenters. The highest BCUT2D eigenvalue weighted by molar-refractivity contribution is 6.61. The second kappa shape index (κ2) is 11.3. The lowest BCUT2D eigenvalue weighted by Crippen LogP contribution is -2.43. The van der Waals surface area contributed by atoms with Crippen molar-refractivity contribution in [3.05, 3.63) is 29.8 Å². The fourth-order valence-corrected chi connectivity index (χ4v) is 2.33. The summed E-state index contributed by atoms with van der Waals surface area (Å²) in [5, 5.41) is 2.58. The Morgan fingerprint density at radius 3 is 2.08 bits per heavy atom. The molecule has 8 nitrogen and oxygen atoms in total. The highest BCUT2D eigenvalue weighted by Crippen LogP contribution is 2.06. The van der Waals surface area contributed by atoms with Crippen LogP contribution in [0, 0.1) is 0 Å². The van der Waals surface area contributed by atoms with Crippen molar-refractivity contribution < 1.29 is 33.2 Å². The Bertz CT molecular complexity index is 602. The zero-order chi connectivity index (χ0) is 19.5. The highest BCUT2D eigenvalue weighted by atomic mass is 16.6. The molecule has 142 valence electrons. The van der Waals surface area contributed by atoms with Crippen molar-refractivity contribution >= 4 is 30.4 Å². The van der Waals surface area contributed by atoms with Crippen LogP contribution < -0.4 is 10.8 Å². The molecular formula is C17H24BNO7. The topological polar surface area (TPSA) is 100 Å². The highest BCUT2D eigenvalue weighted by Gasteiger charge is 2.23. The van der Waals surface area contributed by atoms with Crippen molar-refractivity contribution in [1.82, 2.24) is 5.32 Å². The second-order valence-corrected chi connectivity index (χ2v) is 5.47. The van der Waals surface area contributed by atoms with Crippen LogP contribution in [0.1, 0.15) is 18.4 Å². The molecule has 0 aromatic heterocycles. The molecule has 0 fully saturated rings. The third-order valence-corrected chi connectivity index (χ3v) is 3.72. The van der Waals surface area contributed by atoms with Gasteiger partial charge in [-0.1, -0.05) is 24.3 Å². The molecule has 1 atom stereocenters. The summed E-state index contributed by atoms with van der Waals surface area (Å²) in [4.78, 5) is 35.0. The molecule has 1 aromatic rings. The number of carbonyl (C=O) groups is 3. The SMILES string of the molecule is COB(OC)c1ccc(C[C@H](NC(=O)CCC(=O)OC)C(=O)OC)cc1. The minimum Gasteiger partial charge on any atom is -0.469 e. The minimum absolute atomic E-state index is 0.0552. The van der Waals surface area contributed by atoms with Crippen molar-refractivity contribution in [2.75, 3.05) is 28.4 Å². The van der Waals surface area contributed by atoms with Gasteiger partial charge >= 0.3 is 19.1 Å².